The van der Waals surface area contributed by atoms with Gasteiger partial charge in [0.25, 0.3) is 11.8 Å². The zero-order valence-corrected chi connectivity index (χ0v) is 18.9. The summed E-state index contributed by atoms with van der Waals surface area (Å²) < 4.78 is 13.4. The summed E-state index contributed by atoms with van der Waals surface area (Å²) in [6, 6.07) is 8.90. The van der Waals surface area contributed by atoms with Gasteiger partial charge in [-0.3, -0.25) is 30.1 Å². The number of rotatable bonds is 8. The maximum absolute atomic E-state index is 12.9. The number of nitrogens with one attached hydrogen (secondary N) is 2. The third kappa shape index (κ3) is 6.71. The molecule has 2 aromatic rings. The molecule has 2 N–H and O–H groups in total. The van der Waals surface area contributed by atoms with E-state index in [1.807, 2.05) is 23.6 Å². The molecule has 0 bridgehead atoms. The molecule has 0 unspecified atom stereocenters. The molecule has 0 saturated carbocycles. The van der Waals surface area contributed by atoms with E-state index in [9.17, 15) is 18.8 Å². The first-order chi connectivity index (χ1) is 14.9. The van der Waals surface area contributed by atoms with Crippen molar-refractivity contribution in [2.45, 2.75) is 25.7 Å². The van der Waals surface area contributed by atoms with Crippen LogP contribution < -0.4 is 10.9 Å². The van der Waals surface area contributed by atoms with Crippen LogP contribution in [0.3, 0.4) is 0 Å². The van der Waals surface area contributed by atoms with Crippen LogP contribution in [0, 0.1) is 5.82 Å². The van der Waals surface area contributed by atoms with Gasteiger partial charge in [0.2, 0.25) is 5.91 Å². The van der Waals surface area contributed by atoms with Crippen molar-refractivity contribution in [3.63, 3.8) is 0 Å². The minimum absolute atomic E-state index is 0.0790. The van der Waals surface area contributed by atoms with E-state index in [1.54, 1.807) is 16.2 Å². The smallest absolute Gasteiger partial charge is 0.269 e. The number of hydrazine groups is 1. The summed E-state index contributed by atoms with van der Waals surface area (Å²) in [7, 11) is 0. The number of halogens is 1. The second-order valence-corrected chi connectivity index (χ2v) is 9.32. The lowest BCUT2D eigenvalue weighted by Crippen LogP contribution is -2.41. The van der Waals surface area contributed by atoms with Crippen molar-refractivity contribution >= 4 is 63.4 Å². The third-order valence-corrected chi connectivity index (χ3v) is 6.59. The number of thiocarbonyl (C=S) groups is 1. The van der Waals surface area contributed by atoms with Crippen LogP contribution in [0.1, 0.15) is 40.9 Å². The Morgan fingerprint density at radius 1 is 1.10 bits per heavy atom. The van der Waals surface area contributed by atoms with Crippen LogP contribution in [0.25, 0.3) is 6.08 Å². The summed E-state index contributed by atoms with van der Waals surface area (Å²) in [6.07, 6.45) is 4.15. The van der Waals surface area contributed by atoms with E-state index >= 15 is 0 Å². The fraction of sp³-hybridized carbons (Fsp3) is 0.238. The van der Waals surface area contributed by atoms with Crippen molar-refractivity contribution < 1.29 is 18.8 Å². The van der Waals surface area contributed by atoms with Gasteiger partial charge in [0, 0.05) is 23.4 Å². The fourth-order valence-corrected chi connectivity index (χ4v) is 4.82. The van der Waals surface area contributed by atoms with E-state index < -0.39 is 11.7 Å². The zero-order chi connectivity index (χ0) is 22.2. The summed E-state index contributed by atoms with van der Waals surface area (Å²) in [4.78, 5) is 39.5. The highest BCUT2D eigenvalue weighted by Crippen LogP contribution is 2.33. The van der Waals surface area contributed by atoms with E-state index in [1.165, 1.54) is 36.0 Å². The maximum atomic E-state index is 12.9. The molecule has 1 fully saturated rings. The molecule has 1 saturated heterocycles. The molecule has 1 aliphatic rings. The van der Waals surface area contributed by atoms with Crippen molar-refractivity contribution in [2.75, 3.05) is 6.54 Å². The topological polar surface area (TPSA) is 78.5 Å². The number of carbonyl (C=O) groups is 3. The predicted molar refractivity (Wildman–Crippen MR) is 125 cm³/mol. The first-order valence-corrected chi connectivity index (χ1v) is 11.7. The molecule has 0 atom stereocenters. The Labute approximate surface area is 192 Å². The van der Waals surface area contributed by atoms with Gasteiger partial charge in [-0.1, -0.05) is 36.5 Å². The predicted octanol–water partition coefficient (Wildman–Crippen LogP) is 4.11. The lowest BCUT2D eigenvalue weighted by atomic mass is 10.2. The lowest BCUT2D eigenvalue weighted by Gasteiger charge is -2.14. The Kier molecular flexibility index (Phi) is 8.33. The molecule has 1 aromatic heterocycles. The number of amides is 3. The Hall–Kier alpha value is -2.56. The van der Waals surface area contributed by atoms with Crippen LogP contribution in [0.5, 0.6) is 0 Å². The molecule has 3 amide bonds. The Morgan fingerprint density at radius 3 is 2.58 bits per heavy atom. The molecule has 2 heterocycles. The highest BCUT2D eigenvalue weighted by Gasteiger charge is 2.31. The van der Waals surface area contributed by atoms with E-state index in [0.717, 1.165) is 11.3 Å². The largest absolute Gasteiger partial charge is 0.293 e. The van der Waals surface area contributed by atoms with Gasteiger partial charge in [-0.2, -0.15) is 0 Å². The van der Waals surface area contributed by atoms with Crippen LogP contribution in [0.15, 0.2) is 46.7 Å². The Balaban J connectivity index is 1.33. The van der Waals surface area contributed by atoms with Crippen LogP contribution in [-0.2, 0) is 9.59 Å². The number of thioether (sulfide) groups is 1. The molecular weight excluding hydrogens is 457 g/mol. The van der Waals surface area contributed by atoms with E-state index in [4.69, 9.17) is 12.2 Å². The molecule has 1 aliphatic heterocycles. The van der Waals surface area contributed by atoms with Gasteiger partial charge >= 0.3 is 0 Å². The second kappa shape index (κ2) is 11.2. The Bertz CT molecular complexity index is 991. The molecular formula is C21H20FN3O3S3. The number of thiophene rings is 1. The molecule has 162 valence electrons. The average Bonchev–Trinajstić information content (AvgIpc) is 3.35. The normalized spacial score (nSPS) is 14.9. The molecule has 0 spiro atoms. The Morgan fingerprint density at radius 2 is 1.87 bits per heavy atom. The van der Waals surface area contributed by atoms with E-state index in [-0.39, 0.29) is 23.8 Å². The third-order valence-electron chi connectivity index (χ3n) is 4.40. The summed E-state index contributed by atoms with van der Waals surface area (Å²) in [5.41, 5.74) is 4.89. The average molecular weight is 478 g/mol. The number of carbonyl (C=O) groups excluding carboxylic acids is 3. The quantitative estimate of drug-likeness (QED) is 0.259. The number of hydrogen-bond acceptors (Lipinski definition) is 6. The highest BCUT2D eigenvalue weighted by atomic mass is 32.2. The number of nitrogens with zero attached hydrogens (tertiary/aromatic N) is 1. The van der Waals surface area contributed by atoms with Crippen LogP contribution in [0.4, 0.5) is 4.39 Å². The van der Waals surface area contributed by atoms with Crippen molar-refractivity contribution in [1.29, 1.82) is 0 Å². The number of hydrogen-bond donors (Lipinski definition) is 2. The summed E-state index contributed by atoms with van der Waals surface area (Å²) in [5.74, 6) is -1.35. The first-order valence-electron chi connectivity index (χ1n) is 9.57. The second-order valence-electron chi connectivity index (χ2n) is 6.67. The van der Waals surface area contributed by atoms with Crippen molar-refractivity contribution in [2.24, 2.45) is 0 Å². The standard InChI is InChI=1S/C21H20FN3O3S3/c22-15-9-7-14(8-10-15)19(27)24-23-18(26)6-2-1-3-11-25-20(28)17(31-21(25)29)13-16-5-4-12-30-16/h4-5,7-10,12-13H,1-3,6,11H2,(H,23,26)(H,24,27). The number of benzene rings is 1. The number of unbranched alkanes of at least 4 members (excludes halogenated alkanes) is 2. The summed E-state index contributed by atoms with van der Waals surface area (Å²) in [5, 5.41) is 1.96. The zero-order valence-electron chi connectivity index (χ0n) is 16.4. The lowest BCUT2D eigenvalue weighted by molar-refractivity contribution is -0.123. The van der Waals surface area contributed by atoms with Gasteiger partial charge in [0.15, 0.2) is 0 Å². The summed E-state index contributed by atoms with van der Waals surface area (Å²) >= 11 is 8.19. The van der Waals surface area contributed by atoms with Crippen LogP contribution >= 0.6 is 35.3 Å². The van der Waals surface area contributed by atoms with Gasteiger partial charge in [-0.15, -0.1) is 11.3 Å². The maximum Gasteiger partial charge on any atom is 0.269 e. The van der Waals surface area contributed by atoms with Gasteiger partial charge in [-0.25, -0.2) is 4.39 Å². The van der Waals surface area contributed by atoms with Gasteiger partial charge in [-0.05, 0) is 54.6 Å². The minimum Gasteiger partial charge on any atom is -0.293 e. The molecule has 6 nitrogen and oxygen atoms in total. The molecule has 1 aromatic carbocycles. The van der Waals surface area contributed by atoms with Gasteiger partial charge < -0.3 is 0 Å². The minimum atomic E-state index is -0.515. The molecule has 31 heavy (non-hydrogen) atoms. The van der Waals surface area contributed by atoms with E-state index in [0.29, 0.717) is 28.6 Å². The SMILES string of the molecule is O=C(CCCCCN1C(=O)C(=Cc2cccs2)SC1=S)NNC(=O)c1ccc(F)cc1. The van der Waals surface area contributed by atoms with Crippen molar-refractivity contribution in [3.8, 4) is 0 Å². The van der Waals surface area contributed by atoms with Gasteiger partial charge in [0.1, 0.15) is 10.1 Å². The molecule has 10 heteroatoms. The summed E-state index contributed by atoms with van der Waals surface area (Å²) in [6.45, 7) is 0.509. The van der Waals surface area contributed by atoms with Crippen LogP contribution in [-0.4, -0.2) is 33.5 Å². The van der Waals surface area contributed by atoms with Crippen molar-refractivity contribution in [3.05, 3.63) is 62.9 Å². The molecule has 0 radical (unpaired) electrons. The van der Waals surface area contributed by atoms with E-state index in [2.05, 4.69) is 10.9 Å². The van der Waals surface area contributed by atoms with Crippen molar-refractivity contribution in [1.82, 2.24) is 15.8 Å². The highest BCUT2D eigenvalue weighted by molar-refractivity contribution is 8.26. The molecule has 3 rings (SSSR count). The monoisotopic (exact) mass is 477 g/mol. The van der Waals surface area contributed by atoms with Gasteiger partial charge in [0.05, 0.1) is 4.91 Å². The first kappa shape index (κ1) is 23.1. The fourth-order valence-electron chi connectivity index (χ4n) is 2.79. The molecule has 0 aliphatic carbocycles. The van der Waals surface area contributed by atoms with Crippen LogP contribution in [0.2, 0.25) is 0 Å².